The first-order valence-corrected chi connectivity index (χ1v) is 7.86. The van der Waals surface area contributed by atoms with Crippen LogP contribution in [0.5, 0.6) is 11.5 Å². The predicted molar refractivity (Wildman–Crippen MR) is 85.2 cm³/mol. The van der Waals surface area contributed by atoms with Gasteiger partial charge in [-0.05, 0) is 24.3 Å². The van der Waals surface area contributed by atoms with Crippen molar-refractivity contribution in [2.75, 3.05) is 7.11 Å². The molecule has 0 saturated heterocycles. The Hall–Kier alpha value is -1.78. The molecular weight excluding hydrogens is 300 g/mol. The number of nitrogens with two attached hydrogens (primary N) is 1. The van der Waals surface area contributed by atoms with E-state index >= 15 is 0 Å². The van der Waals surface area contributed by atoms with Crippen molar-refractivity contribution in [3.05, 3.63) is 52.8 Å². The number of halogens is 1. The molecule has 1 fully saturated rings. The van der Waals surface area contributed by atoms with Gasteiger partial charge in [-0.2, -0.15) is 0 Å². The Bertz CT molecular complexity index is 627. The zero-order chi connectivity index (χ0) is 15.4. The molecule has 1 heterocycles. The van der Waals surface area contributed by atoms with E-state index in [0.29, 0.717) is 11.8 Å². The van der Waals surface area contributed by atoms with Gasteiger partial charge in [-0.15, -0.1) is 0 Å². The van der Waals surface area contributed by atoms with Crippen molar-refractivity contribution in [1.82, 2.24) is 4.98 Å². The molecule has 2 aromatic rings. The zero-order valence-corrected chi connectivity index (χ0v) is 13.3. The molecule has 0 bridgehead atoms. The van der Waals surface area contributed by atoms with Crippen LogP contribution in [0.3, 0.4) is 0 Å². The molecule has 116 valence electrons. The third-order valence-electron chi connectivity index (χ3n) is 3.72. The van der Waals surface area contributed by atoms with Crippen LogP contribution in [-0.4, -0.2) is 18.1 Å². The molecular formula is C17H20ClN2O2+. The predicted octanol–water partition coefficient (Wildman–Crippen LogP) is 2.55. The van der Waals surface area contributed by atoms with Gasteiger partial charge in [-0.3, -0.25) is 0 Å². The van der Waals surface area contributed by atoms with Gasteiger partial charge in [0.1, 0.15) is 18.3 Å². The Balaban J connectivity index is 1.62. The Labute approximate surface area is 135 Å². The van der Waals surface area contributed by atoms with Crippen molar-refractivity contribution in [2.45, 2.75) is 32.0 Å². The van der Waals surface area contributed by atoms with Crippen LogP contribution < -0.4 is 14.8 Å². The van der Waals surface area contributed by atoms with Crippen molar-refractivity contribution in [1.29, 1.82) is 0 Å². The summed E-state index contributed by atoms with van der Waals surface area (Å²) in [7, 11) is 1.67. The van der Waals surface area contributed by atoms with Gasteiger partial charge in [0.15, 0.2) is 11.5 Å². The van der Waals surface area contributed by atoms with E-state index in [1.165, 1.54) is 18.4 Å². The van der Waals surface area contributed by atoms with Crippen molar-refractivity contribution in [3.63, 3.8) is 0 Å². The smallest absolute Gasteiger partial charge is 0.161 e. The molecule has 4 nitrogen and oxygen atoms in total. The molecule has 1 saturated carbocycles. The van der Waals surface area contributed by atoms with Crippen LogP contribution in [0.4, 0.5) is 0 Å². The fourth-order valence-corrected chi connectivity index (χ4v) is 2.36. The Morgan fingerprint density at radius 3 is 2.68 bits per heavy atom. The number of nitrogens with zero attached hydrogens (tertiary/aromatic N) is 1. The largest absolute Gasteiger partial charge is 0.493 e. The third-order valence-corrected chi connectivity index (χ3v) is 3.94. The SMILES string of the molecule is COc1cc(C[NH2+]C2CC2)ccc1OCc1ccc(Cl)nc1. The van der Waals surface area contributed by atoms with E-state index < -0.39 is 0 Å². The summed E-state index contributed by atoms with van der Waals surface area (Å²) in [6.07, 6.45) is 4.40. The quantitative estimate of drug-likeness (QED) is 0.798. The standard InChI is InChI=1S/C17H19ClN2O2/c1-21-16-8-12(9-19-14-4-5-14)2-6-15(16)22-11-13-3-7-17(18)20-10-13/h2-3,6-8,10,14,19H,4-5,9,11H2,1H3/p+1. The molecule has 0 spiro atoms. The van der Waals surface area contributed by atoms with Gasteiger partial charge in [0, 0.05) is 30.2 Å². The number of ether oxygens (including phenoxy) is 2. The molecule has 5 heteroatoms. The van der Waals surface area contributed by atoms with Crippen LogP contribution in [0, 0.1) is 0 Å². The summed E-state index contributed by atoms with van der Waals surface area (Å²) in [5.74, 6) is 1.51. The topological polar surface area (TPSA) is 48.0 Å². The second-order valence-electron chi connectivity index (χ2n) is 5.54. The van der Waals surface area contributed by atoms with Crippen LogP contribution in [0.15, 0.2) is 36.5 Å². The summed E-state index contributed by atoms with van der Waals surface area (Å²) in [5.41, 5.74) is 2.22. The van der Waals surface area contributed by atoms with Gasteiger partial charge >= 0.3 is 0 Å². The third kappa shape index (κ3) is 4.12. The lowest BCUT2D eigenvalue weighted by atomic mass is 10.2. The highest BCUT2D eigenvalue weighted by Gasteiger charge is 2.24. The minimum Gasteiger partial charge on any atom is -0.493 e. The number of quaternary nitrogens is 1. The van der Waals surface area contributed by atoms with Gasteiger partial charge in [0.2, 0.25) is 0 Å². The monoisotopic (exact) mass is 319 g/mol. The maximum Gasteiger partial charge on any atom is 0.161 e. The number of pyridine rings is 1. The molecule has 0 amide bonds. The lowest BCUT2D eigenvalue weighted by molar-refractivity contribution is -0.683. The number of benzene rings is 1. The number of hydrogen-bond acceptors (Lipinski definition) is 3. The van der Waals surface area contributed by atoms with Gasteiger partial charge in [-0.25, -0.2) is 4.98 Å². The van der Waals surface area contributed by atoms with E-state index in [0.717, 1.165) is 29.6 Å². The fourth-order valence-electron chi connectivity index (χ4n) is 2.25. The van der Waals surface area contributed by atoms with Crippen molar-refractivity contribution in [2.24, 2.45) is 0 Å². The summed E-state index contributed by atoms with van der Waals surface area (Å²) in [5, 5.41) is 2.87. The highest BCUT2D eigenvalue weighted by Crippen LogP contribution is 2.28. The first-order valence-electron chi connectivity index (χ1n) is 7.48. The molecule has 22 heavy (non-hydrogen) atoms. The zero-order valence-electron chi connectivity index (χ0n) is 12.6. The van der Waals surface area contributed by atoms with Gasteiger partial charge < -0.3 is 14.8 Å². The Morgan fingerprint density at radius 2 is 2.00 bits per heavy atom. The number of aromatic nitrogens is 1. The molecule has 0 aliphatic heterocycles. The summed E-state index contributed by atoms with van der Waals surface area (Å²) in [6.45, 7) is 1.43. The molecule has 1 aromatic carbocycles. The number of methoxy groups -OCH3 is 1. The van der Waals surface area contributed by atoms with Gasteiger partial charge in [0.05, 0.1) is 13.2 Å². The van der Waals surface area contributed by atoms with Gasteiger partial charge in [-0.1, -0.05) is 17.7 Å². The molecule has 0 atom stereocenters. The maximum absolute atomic E-state index is 5.83. The maximum atomic E-state index is 5.83. The molecule has 1 aliphatic rings. The summed E-state index contributed by atoms with van der Waals surface area (Å²) in [6, 6.07) is 10.6. The Kier molecular flexibility index (Phi) is 4.80. The number of rotatable bonds is 7. The molecule has 1 aliphatic carbocycles. The van der Waals surface area contributed by atoms with Crippen molar-refractivity contribution in [3.8, 4) is 11.5 Å². The van der Waals surface area contributed by atoms with Crippen molar-refractivity contribution < 1.29 is 14.8 Å². The average molecular weight is 320 g/mol. The van der Waals surface area contributed by atoms with Crippen LogP contribution >= 0.6 is 11.6 Å². The minimum absolute atomic E-state index is 0.439. The highest BCUT2D eigenvalue weighted by atomic mass is 35.5. The summed E-state index contributed by atoms with van der Waals surface area (Å²) >= 11 is 5.78. The molecule has 0 radical (unpaired) electrons. The van der Waals surface area contributed by atoms with E-state index in [1.54, 1.807) is 19.4 Å². The van der Waals surface area contributed by atoms with Crippen LogP contribution in [0.2, 0.25) is 5.15 Å². The first kappa shape index (κ1) is 15.1. The lowest BCUT2D eigenvalue weighted by Crippen LogP contribution is -2.84. The fraction of sp³-hybridized carbons (Fsp3) is 0.353. The summed E-state index contributed by atoms with van der Waals surface area (Å²) < 4.78 is 11.3. The molecule has 1 aromatic heterocycles. The second-order valence-corrected chi connectivity index (χ2v) is 5.93. The Morgan fingerprint density at radius 1 is 1.18 bits per heavy atom. The molecule has 2 N–H and O–H groups in total. The van der Waals surface area contributed by atoms with Crippen LogP contribution in [0.25, 0.3) is 0 Å². The highest BCUT2D eigenvalue weighted by molar-refractivity contribution is 6.29. The second kappa shape index (κ2) is 6.99. The van der Waals surface area contributed by atoms with Crippen LogP contribution in [0.1, 0.15) is 24.0 Å². The molecule has 0 unspecified atom stereocenters. The van der Waals surface area contributed by atoms with Crippen LogP contribution in [-0.2, 0) is 13.2 Å². The summed E-state index contributed by atoms with van der Waals surface area (Å²) in [4.78, 5) is 4.04. The lowest BCUT2D eigenvalue weighted by Gasteiger charge is -2.12. The molecule has 3 rings (SSSR count). The first-order chi connectivity index (χ1) is 10.7. The van der Waals surface area contributed by atoms with Crippen molar-refractivity contribution >= 4 is 11.6 Å². The van der Waals surface area contributed by atoms with E-state index in [9.17, 15) is 0 Å². The van der Waals surface area contributed by atoms with E-state index in [-0.39, 0.29) is 0 Å². The minimum atomic E-state index is 0.439. The van der Waals surface area contributed by atoms with Gasteiger partial charge in [0.25, 0.3) is 0 Å². The van der Waals surface area contributed by atoms with E-state index in [2.05, 4.69) is 16.4 Å². The average Bonchev–Trinajstić information content (AvgIpc) is 3.37. The van der Waals surface area contributed by atoms with E-state index in [1.807, 2.05) is 18.2 Å². The normalized spacial score (nSPS) is 13.9. The van der Waals surface area contributed by atoms with E-state index in [4.69, 9.17) is 21.1 Å². The number of hydrogen-bond donors (Lipinski definition) is 1.